The van der Waals surface area contributed by atoms with Crippen LogP contribution in [0.4, 0.5) is 15.3 Å². The zero-order chi connectivity index (χ0) is 28.4. The number of aromatic nitrogens is 1. The summed E-state index contributed by atoms with van der Waals surface area (Å²) in [7, 11) is 0. The van der Waals surface area contributed by atoms with Gasteiger partial charge >= 0.3 is 12.2 Å². The molecule has 3 amide bonds. The van der Waals surface area contributed by atoms with Crippen LogP contribution in [0.15, 0.2) is 30.5 Å². The van der Waals surface area contributed by atoms with Gasteiger partial charge in [0.05, 0.1) is 23.7 Å². The summed E-state index contributed by atoms with van der Waals surface area (Å²) in [5.74, 6) is -0.915. The number of imide groups is 1. The molecule has 0 saturated heterocycles. The third-order valence-electron chi connectivity index (χ3n) is 5.12. The Morgan fingerprint density at radius 1 is 1.11 bits per heavy atom. The standard InChI is InChI=1S/C25H29N3O6S/c1-14-13-26(22(30)33-24(2,3)4)19-18-15-9-8-12-27(32)16(15)10-11-17(18)35-20(19)21(29)28(14)23(31)34-25(5,6)7/h8-12,14H,13H2,1-7H3/i1D3. The summed E-state index contributed by atoms with van der Waals surface area (Å²) >= 11 is 0.989. The van der Waals surface area contributed by atoms with Crippen molar-refractivity contribution >= 4 is 56.1 Å². The van der Waals surface area contributed by atoms with Crippen molar-refractivity contribution in [3.05, 3.63) is 40.5 Å². The molecular weight excluding hydrogens is 470 g/mol. The van der Waals surface area contributed by atoms with Crippen molar-refractivity contribution < 1.29 is 32.7 Å². The molecule has 2 aromatic heterocycles. The Morgan fingerprint density at radius 3 is 2.40 bits per heavy atom. The van der Waals surface area contributed by atoms with Crippen LogP contribution in [-0.2, 0) is 9.47 Å². The predicted octanol–water partition coefficient (Wildman–Crippen LogP) is 5.21. The van der Waals surface area contributed by atoms with Gasteiger partial charge in [-0.2, -0.15) is 4.73 Å². The zero-order valence-electron chi connectivity index (χ0n) is 23.4. The van der Waals surface area contributed by atoms with Crippen LogP contribution in [0.5, 0.6) is 0 Å². The summed E-state index contributed by atoms with van der Waals surface area (Å²) in [4.78, 5) is 42.5. The lowest BCUT2D eigenvalue weighted by Gasteiger charge is -2.31. The van der Waals surface area contributed by atoms with Crippen LogP contribution in [0, 0.1) is 5.21 Å². The third-order valence-corrected chi connectivity index (χ3v) is 6.26. The maximum absolute atomic E-state index is 14.0. The lowest BCUT2D eigenvalue weighted by molar-refractivity contribution is -0.576. The largest absolute Gasteiger partial charge is 0.618 e. The Balaban J connectivity index is 2.05. The highest BCUT2D eigenvalue weighted by molar-refractivity contribution is 7.21. The first-order valence-electron chi connectivity index (χ1n) is 12.5. The number of benzene rings is 1. The number of rotatable bonds is 0. The summed E-state index contributed by atoms with van der Waals surface area (Å²) in [5, 5.41) is 13.4. The van der Waals surface area contributed by atoms with E-state index in [0.29, 0.717) is 25.1 Å². The number of nitrogens with zero attached hydrogens (tertiary/aromatic N) is 3. The number of hydrogen-bond acceptors (Lipinski definition) is 7. The molecule has 9 nitrogen and oxygen atoms in total. The molecule has 4 rings (SSSR count). The van der Waals surface area contributed by atoms with E-state index < -0.39 is 48.7 Å². The fourth-order valence-electron chi connectivity index (χ4n) is 3.85. The SMILES string of the molecule is [2H]C([2H])([2H])C1CN(C(=O)OC(C)(C)C)c2c(sc3ccc4c(ccc[n+]4[O-])c23)C(=O)N1C(=O)OC(C)(C)C. The highest BCUT2D eigenvalue weighted by Crippen LogP contribution is 2.44. The molecule has 0 saturated carbocycles. The van der Waals surface area contributed by atoms with E-state index in [0.717, 1.165) is 16.2 Å². The average Bonchev–Trinajstić information content (AvgIpc) is 3.07. The second-order valence-electron chi connectivity index (χ2n) is 10.2. The number of thiophene rings is 1. The van der Waals surface area contributed by atoms with Crippen molar-refractivity contribution in [3.8, 4) is 0 Å². The third kappa shape index (κ3) is 4.62. The Kier molecular flexibility index (Phi) is 5.00. The number of fused-ring (bicyclic) bond motifs is 5. The summed E-state index contributed by atoms with van der Waals surface area (Å²) < 4.78 is 36.8. The minimum atomic E-state index is -2.86. The smallest absolute Gasteiger partial charge is 0.417 e. The van der Waals surface area contributed by atoms with Crippen molar-refractivity contribution in [2.24, 2.45) is 0 Å². The molecule has 1 unspecified atom stereocenters. The van der Waals surface area contributed by atoms with E-state index in [2.05, 4.69) is 0 Å². The van der Waals surface area contributed by atoms with E-state index >= 15 is 0 Å². The van der Waals surface area contributed by atoms with Crippen molar-refractivity contribution in [1.29, 1.82) is 0 Å². The molecule has 0 spiro atoms. The molecule has 186 valence electrons. The molecule has 1 aromatic carbocycles. The van der Waals surface area contributed by atoms with Crippen molar-refractivity contribution in [2.75, 3.05) is 11.4 Å². The second kappa shape index (κ2) is 8.37. The van der Waals surface area contributed by atoms with Crippen molar-refractivity contribution in [1.82, 2.24) is 4.90 Å². The molecule has 0 N–H and O–H groups in total. The molecule has 0 fully saturated rings. The van der Waals surface area contributed by atoms with Gasteiger partial charge in [-0.25, -0.2) is 14.5 Å². The molecular formula is C25H29N3O6S. The fraction of sp³-hybridized carbons (Fsp3) is 0.440. The highest BCUT2D eigenvalue weighted by atomic mass is 32.1. The minimum absolute atomic E-state index is 0.0442. The van der Waals surface area contributed by atoms with Crippen LogP contribution < -0.4 is 9.63 Å². The molecule has 1 aliphatic heterocycles. The number of carbonyl (C=O) groups is 3. The van der Waals surface area contributed by atoms with Gasteiger partial charge in [-0.3, -0.25) is 9.69 Å². The summed E-state index contributed by atoms with van der Waals surface area (Å²) in [6.45, 7) is 6.32. The van der Waals surface area contributed by atoms with Crippen LogP contribution in [-0.4, -0.2) is 46.8 Å². The minimum Gasteiger partial charge on any atom is -0.618 e. The number of ether oxygens (including phenoxy) is 2. The lowest BCUT2D eigenvalue weighted by Crippen LogP contribution is -2.49. The Bertz CT molecular complexity index is 1460. The fourth-order valence-corrected chi connectivity index (χ4v) is 5.01. The van der Waals surface area contributed by atoms with Crippen LogP contribution in [0.3, 0.4) is 0 Å². The number of anilines is 1. The number of amides is 3. The number of carbonyl (C=O) groups excluding carboxylic acids is 3. The molecule has 1 atom stereocenters. The predicted molar refractivity (Wildman–Crippen MR) is 134 cm³/mol. The van der Waals surface area contributed by atoms with E-state index in [4.69, 9.17) is 13.6 Å². The van der Waals surface area contributed by atoms with Gasteiger partial charge in [0.25, 0.3) is 5.91 Å². The Morgan fingerprint density at radius 2 is 1.77 bits per heavy atom. The van der Waals surface area contributed by atoms with Gasteiger partial charge in [-0.1, -0.05) is 0 Å². The van der Waals surface area contributed by atoms with E-state index in [-0.39, 0.29) is 16.1 Å². The van der Waals surface area contributed by atoms with Gasteiger partial charge in [-0.05, 0) is 60.5 Å². The number of pyridine rings is 1. The maximum atomic E-state index is 14.0. The van der Waals surface area contributed by atoms with E-state index in [1.54, 1.807) is 59.7 Å². The molecule has 10 heteroatoms. The first-order valence-corrected chi connectivity index (χ1v) is 11.8. The summed E-state index contributed by atoms with van der Waals surface area (Å²) in [6.07, 6.45) is -0.708. The Hall–Kier alpha value is -3.40. The van der Waals surface area contributed by atoms with Gasteiger partial charge in [-0.15, -0.1) is 11.3 Å². The van der Waals surface area contributed by atoms with Crippen LogP contribution in [0.25, 0.3) is 21.0 Å². The van der Waals surface area contributed by atoms with E-state index in [1.807, 2.05) is 0 Å². The van der Waals surface area contributed by atoms with Crippen LogP contribution in [0.2, 0.25) is 0 Å². The zero-order valence-corrected chi connectivity index (χ0v) is 21.2. The molecule has 0 radical (unpaired) electrons. The van der Waals surface area contributed by atoms with Gasteiger partial charge in [0.1, 0.15) is 16.1 Å². The average molecular weight is 503 g/mol. The molecule has 0 aliphatic carbocycles. The van der Waals surface area contributed by atoms with E-state index in [1.165, 1.54) is 12.3 Å². The lowest BCUT2D eigenvalue weighted by atomic mass is 10.1. The molecule has 35 heavy (non-hydrogen) atoms. The normalized spacial score (nSPS) is 18.5. The first kappa shape index (κ1) is 20.9. The Labute approximate surface area is 211 Å². The first-order chi connectivity index (χ1) is 17.4. The monoisotopic (exact) mass is 502 g/mol. The maximum Gasteiger partial charge on any atom is 0.417 e. The van der Waals surface area contributed by atoms with E-state index in [9.17, 15) is 19.6 Å². The summed E-state index contributed by atoms with van der Waals surface area (Å²) in [6, 6.07) is 4.72. The summed E-state index contributed by atoms with van der Waals surface area (Å²) in [5.41, 5.74) is -1.59. The second-order valence-corrected chi connectivity index (χ2v) is 11.3. The van der Waals surface area contributed by atoms with Crippen molar-refractivity contribution in [3.63, 3.8) is 0 Å². The molecule has 3 heterocycles. The van der Waals surface area contributed by atoms with Crippen LogP contribution >= 0.6 is 11.3 Å². The van der Waals surface area contributed by atoms with Crippen molar-refractivity contribution in [2.45, 2.75) is 65.6 Å². The molecule has 0 bridgehead atoms. The number of hydrogen-bond donors (Lipinski definition) is 0. The van der Waals surface area contributed by atoms with Gasteiger partial charge < -0.3 is 14.7 Å². The van der Waals surface area contributed by atoms with Gasteiger partial charge in [0.15, 0.2) is 6.20 Å². The molecule has 1 aliphatic rings. The van der Waals surface area contributed by atoms with Gasteiger partial charge in [0.2, 0.25) is 5.52 Å². The quantitative estimate of drug-likeness (QED) is 0.309. The van der Waals surface area contributed by atoms with Gasteiger partial charge in [0, 0.05) is 26.3 Å². The highest BCUT2D eigenvalue weighted by Gasteiger charge is 2.42. The van der Waals surface area contributed by atoms with Crippen LogP contribution in [0.1, 0.15) is 62.2 Å². The molecule has 3 aromatic rings. The topological polar surface area (TPSA) is 103 Å².